The Morgan fingerprint density at radius 3 is 2.58 bits per heavy atom. The highest BCUT2D eigenvalue weighted by molar-refractivity contribution is 5.21. The Bertz CT molecular complexity index is 399. The maximum absolute atomic E-state index is 13.5. The monoisotopic (exact) mass is 273 g/mol. The smallest absolute Gasteiger partial charge is 0.163 e. The minimum absolute atomic E-state index is 0.0488. The third kappa shape index (κ3) is 5.22. The van der Waals surface area contributed by atoms with Crippen molar-refractivity contribution >= 4 is 0 Å². The van der Waals surface area contributed by atoms with Crippen LogP contribution in [-0.4, -0.2) is 30.5 Å². The van der Waals surface area contributed by atoms with Crippen LogP contribution in [0.1, 0.15) is 32.4 Å². The highest BCUT2D eigenvalue weighted by Gasteiger charge is 2.15. The van der Waals surface area contributed by atoms with Crippen LogP contribution in [0.4, 0.5) is 8.78 Å². The third-order valence-corrected chi connectivity index (χ3v) is 2.73. The van der Waals surface area contributed by atoms with E-state index in [9.17, 15) is 13.9 Å². The number of hydrogen-bond acceptors (Lipinski definition) is 3. The molecule has 1 aromatic rings. The topological polar surface area (TPSA) is 41.5 Å². The Hall–Kier alpha value is -1.04. The van der Waals surface area contributed by atoms with Crippen molar-refractivity contribution in [2.45, 2.75) is 39.0 Å². The molecule has 0 aromatic heterocycles. The summed E-state index contributed by atoms with van der Waals surface area (Å²) in [6.07, 6.45) is -0.630. The van der Waals surface area contributed by atoms with Crippen LogP contribution >= 0.6 is 0 Å². The molecule has 0 radical (unpaired) electrons. The molecule has 0 saturated heterocycles. The summed E-state index contributed by atoms with van der Waals surface area (Å²) in [7, 11) is 0. The molecule has 2 N–H and O–H groups in total. The predicted molar refractivity (Wildman–Crippen MR) is 69.9 cm³/mol. The van der Waals surface area contributed by atoms with Gasteiger partial charge in [0, 0.05) is 18.2 Å². The number of aliphatic hydroxyl groups is 1. The van der Waals surface area contributed by atoms with Gasteiger partial charge in [0.2, 0.25) is 0 Å². The van der Waals surface area contributed by atoms with E-state index in [1.807, 2.05) is 13.8 Å². The Balaban J connectivity index is 2.47. The number of rotatable bonds is 7. The molecule has 0 aliphatic heterocycles. The number of hydrogen-bond donors (Lipinski definition) is 2. The second kappa shape index (κ2) is 7.53. The fourth-order valence-corrected chi connectivity index (χ4v) is 1.64. The van der Waals surface area contributed by atoms with E-state index in [-0.39, 0.29) is 30.9 Å². The first kappa shape index (κ1) is 16.0. The summed E-state index contributed by atoms with van der Waals surface area (Å²) >= 11 is 0. The van der Waals surface area contributed by atoms with Gasteiger partial charge in [0.05, 0.1) is 18.8 Å². The summed E-state index contributed by atoms with van der Waals surface area (Å²) in [6, 6.07) is 3.68. The van der Waals surface area contributed by atoms with Crippen molar-refractivity contribution in [2.24, 2.45) is 0 Å². The average molecular weight is 273 g/mol. The molecule has 0 fully saturated rings. The molecule has 0 amide bonds. The van der Waals surface area contributed by atoms with Crippen molar-refractivity contribution in [2.75, 3.05) is 13.2 Å². The van der Waals surface area contributed by atoms with Gasteiger partial charge in [0.25, 0.3) is 0 Å². The van der Waals surface area contributed by atoms with Crippen LogP contribution < -0.4 is 5.32 Å². The minimum Gasteiger partial charge on any atom is -0.389 e. The highest BCUT2D eigenvalue weighted by Crippen LogP contribution is 2.18. The van der Waals surface area contributed by atoms with Gasteiger partial charge in [-0.3, -0.25) is 0 Å². The number of benzene rings is 1. The van der Waals surface area contributed by atoms with Crippen molar-refractivity contribution in [3.05, 3.63) is 35.4 Å². The van der Waals surface area contributed by atoms with Gasteiger partial charge in [-0.15, -0.1) is 0 Å². The summed E-state index contributed by atoms with van der Waals surface area (Å²) in [6.45, 7) is 5.94. The Morgan fingerprint density at radius 2 is 1.95 bits per heavy atom. The Morgan fingerprint density at radius 1 is 1.26 bits per heavy atom. The molecule has 0 saturated carbocycles. The molecule has 0 heterocycles. The zero-order chi connectivity index (χ0) is 14.4. The molecule has 1 aromatic carbocycles. The van der Waals surface area contributed by atoms with Gasteiger partial charge in [0.1, 0.15) is 0 Å². The molecule has 2 atom stereocenters. The lowest BCUT2D eigenvalue weighted by molar-refractivity contribution is 0.00557. The Kier molecular flexibility index (Phi) is 6.34. The SMILES string of the molecule is CC(C)OCC(O)CNC(C)c1cccc(F)c1F. The van der Waals surface area contributed by atoms with E-state index < -0.39 is 17.7 Å². The molecule has 0 aliphatic carbocycles. The van der Waals surface area contributed by atoms with Crippen LogP contribution in [0.25, 0.3) is 0 Å². The standard InChI is InChI=1S/C14H21F2NO2/c1-9(2)19-8-11(18)7-17-10(3)12-5-4-6-13(15)14(12)16/h4-6,9-11,17-18H,7-8H2,1-3H3. The van der Waals surface area contributed by atoms with Crippen LogP contribution in [0, 0.1) is 11.6 Å². The first-order valence-electron chi connectivity index (χ1n) is 6.38. The zero-order valence-electron chi connectivity index (χ0n) is 11.5. The van der Waals surface area contributed by atoms with Crippen molar-refractivity contribution < 1.29 is 18.6 Å². The van der Waals surface area contributed by atoms with Crippen molar-refractivity contribution in [1.82, 2.24) is 5.32 Å². The number of ether oxygens (including phenoxy) is 1. The van der Waals surface area contributed by atoms with Gasteiger partial charge in [-0.25, -0.2) is 8.78 Å². The predicted octanol–water partition coefficient (Wildman–Crippen LogP) is 2.40. The summed E-state index contributed by atoms with van der Waals surface area (Å²) in [5.41, 5.74) is 0.247. The normalized spacial score (nSPS) is 14.7. The molecule has 0 spiro atoms. The molecule has 5 heteroatoms. The maximum atomic E-state index is 13.5. The van der Waals surface area contributed by atoms with E-state index in [1.54, 1.807) is 6.92 Å². The summed E-state index contributed by atoms with van der Waals surface area (Å²) in [5, 5.41) is 12.6. The van der Waals surface area contributed by atoms with E-state index in [0.717, 1.165) is 6.07 Å². The largest absolute Gasteiger partial charge is 0.389 e. The van der Waals surface area contributed by atoms with Gasteiger partial charge in [-0.05, 0) is 26.8 Å². The van der Waals surface area contributed by atoms with Crippen LogP contribution in [0.5, 0.6) is 0 Å². The van der Waals surface area contributed by atoms with Gasteiger partial charge in [0.15, 0.2) is 11.6 Å². The molecule has 1 rings (SSSR count). The molecule has 2 unspecified atom stereocenters. The van der Waals surface area contributed by atoms with Crippen LogP contribution in [-0.2, 0) is 4.74 Å². The third-order valence-electron chi connectivity index (χ3n) is 2.73. The van der Waals surface area contributed by atoms with E-state index >= 15 is 0 Å². The van der Waals surface area contributed by atoms with E-state index in [1.165, 1.54) is 12.1 Å². The van der Waals surface area contributed by atoms with Crippen LogP contribution in [0.2, 0.25) is 0 Å². The van der Waals surface area contributed by atoms with E-state index in [0.29, 0.717) is 0 Å². The molecule has 3 nitrogen and oxygen atoms in total. The van der Waals surface area contributed by atoms with Crippen LogP contribution in [0.3, 0.4) is 0 Å². The highest BCUT2D eigenvalue weighted by atomic mass is 19.2. The lowest BCUT2D eigenvalue weighted by Crippen LogP contribution is -2.33. The molecule has 0 bridgehead atoms. The molecule has 0 aliphatic rings. The first-order chi connectivity index (χ1) is 8.91. The van der Waals surface area contributed by atoms with Crippen molar-refractivity contribution in [3.63, 3.8) is 0 Å². The van der Waals surface area contributed by atoms with Crippen molar-refractivity contribution in [1.29, 1.82) is 0 Å². The molecular formula is C14H21F2NO2. The minimum atomic E-state index is -0.866. The fraction of sp³-hybridized carbons (Fsp3) is 0.571. The van der Waals surface area contributed by atoms with Gasteiger partial charge < -0.3 is 15.2 Å². The van der Waals surface area contributed by atoms with Gasteiger partial charge in [-0.1, -0.05) is 12.1 Å². The molecule has 108 valence electrons. The summed E-state index contributed by atoms with van der Waals surface area (Å²) in [5.74, 6) is -1.72. The van der Waals surface area contributed by atoms with Gasteiger partial charge >= 0.3 is 0 Å². The lowest BCUT2D eigenvalue weighted by atomic mass is 10.1. The number of aliphatic hydroxyl groups excluding tert-OH is 1. The quantitative estimate of drug-likeness (QED) is 0.801. The molecular weight excluding hydrogens is 252 g/mol. The Labute approximate surface area is 112 Å². The van der Waals surface area contributed by atoms with E-state index in [4.69, 9.17) is 4.74 Å². The fourth-order valence-electron chi connectivity index (χ4n) is 1.64. The number of nitrogens with one attached hydrogen (secondary N) is 1. The summed E-state index contributed by atoms with van der Waals surface area (Å²) in [4.78, 5) is 0. The zero-order valence-corrected chi connectivity index (χ0v) is 11.5. The van der Waals surface area contributed by atoms with E-state index in [2.05, 4.69) is 5.32 Å². The van der Waals surface area contributed by atoms with Gasteiger partial charge in [-0.2, -0.15) is 0 Å². The maximum Gasteiger partial charge on any atom is 0.163 e. The first-order valence-corrected chi connectivity index (χ1v) is 6.38. The lowest BCUT2D eigenvalue weighted by Gasteiger charge is -2.19. The molecule has 19 heavy (non-hydrogen) atoms. The second-order valence-electron chi connectivity index (χ2n) is 4.81. The van der Waals surface area contributed by atoms with Crippen molar-refractivity contribution in [3.8, 4) is 0 Å². The average Bonchev–Trinajstić information content (AvgIpc) is 2.36. The second-order valence-corrected chi connectivity index (χ2v) is 4.81. The summed E-state index contributed by atoms with van der Waals surface area (Å²) < 4.78 is 31.9. The number of halogens is 2. The van der Waals surface area contributed by atoms with Crippen LogP contribution in [0.15, 0.2) is 18.2 Å².